The smallest absolute Gasteiger partial charge is 0.0659 e. The van der Waals surface area contributed by atoms with Gasteiger partial charge in [0.25, 0.3) is 0 Å². The number of hydrogen-bond donors (Lipinski definition) is 1. The van der Waals surface area contributed by atoms with E-state index in [-0.39, 0.29) is 5.41 Å². The fourth-order valence-corrected chi connectivity index (χ4v) is 1.48. The van der Waals surface area contributed by atoms with Crippen LogP contribution in [-0.4, -0.2) is 18.2 Å². The Hall–Kier alpha value is -0.0800. The van der Waals surface area contributed by atoms with Gasteiger partial charge in [0.15, 0.2) is 0 Å². The highest BCUT2D eigenvalue weighted by atomic mass is 16.5. The van der Waals surface area contributed by atoms with E-state index in [4.69, 9.17) is 10.5 Å². The molecule has 0 amide bonds. The van der Waals surface area contributed by atoms with Crippen LogP contribution >= 0.6 is 0 Å². The van der Waals surface area contributed by atoms with Gasteiger partial charge in [-0.1, -0.05) is 13.8 Å². The Bertz CT molecular complexity index is 142. The van der Waals surface area contributed by atoms with Gasteiger partial charge < -0.3 is 10.5 Å². The van der Waals surface area contributed by atoms with E-state index in [1.165, 1.54) is 0 Å². The normalized spacial score (nSPS) is 35.5. The summed E-state index contributed by atoms with van der Waals surface area (Å²) in [5.74, 6) is 0. The third-order valence-electron chi connectivity index (χ3n) is 2.69. The molecule has 0 bridgehead atoms. The van der Waals surface area contributed by atoms with Crippen LogP contribution in [0.4, 0.5) is 0 Å². The van der Waals surface area contributed by atoms with Gasteiger partial charge in [0.05, 0.1) is 12.2 Å². The van der Waals surface area contributed by atoms with E-state index in [1.54, 1.807) is 0 Å². The third kappa shape index (κ3) is 1.57. The highest BCUT2D eigenvalue weighted by Gasteiger charge is 2.47. The topological polar surface area (TPSA) is 35.2 Å². The molecule has 0 spiro atoms. The van der Waals surface area contributed by atoms with Crippen molar-refractivity contribution >= 4 is 0 Å². The largest absolute Gasteiger partial charge is 0.375 e. The van der Waals surface area contributed by atoms with Crippen molar-refractivity contribution in [1.82, 2.24) is 0 Å². The number of nitrogens with two attached hydrogens (primary N) is 1. The summed E-state index contributed by atoms with van der Waals surface area (Å²) in [4.78, 5) is 0. The fraction of sp³-hybridized carbons (Fsp3) is 1.00. The van der Waals surface area contributed by atoms with E-state index < -0.39 is 0 Å². The summed E-state index contributed by atoms with van der Waals surface area (Å²) >= 11 is 0. The Balaban J connectivity index is 2.40. The zero-order valence-electron chi connectivity index (χ0n) is 7.92. The van der Waals surface area contributed by atoms with Crippen molar-refractivity contribution in [2.24, 2.45) is 11.1 Å². The molecule has 66 valence electrons. The molecular weight excluding hydrogens is 138 g/mol. The van der Waals surface area contributed by atoms with E-state index in [1.807, 2.05) is 0 Å². The van der Waals surface area contributed by atoms with Crippen molar-refractivity contribution in [3.63, 3.8) is 0 Å². The minimum Gasteiger partial charge on any atom is -0.375 e. The molecule has 0 radical (unpaired) electrons. The van der Waals surface area contributed by atoms with Crippen LogP contribution in [0.15, 0.2) is 0 Å². The summed E-state index contributed by atoms with van der Waals surface area (Å²) in [5.41, 5.74) is 6.03. The quantitative estimate of drug-likeness (QED) is 0.660. The first-order chi connectivity index (χ1) is 4.94. The molecule has 1 aliphatic carbocycles. The molecule has 2 unspecified atom stereocenters. The van der Waals surface area contributed by atoms with Gasteiger partial charge in [0.1, 0.15) is 0 Å². The predicted molar refractivity (Wildman–Crippen MR) is 46.4 cm³/mol. The standard InChI is InChI=1S/C9H19NO/c1-6(2)11-8-5-7(10)9(8,3)4/h6-8H,5,10H2,1-4H3. The number of rotatable bonds is 2. The number of ether oxygens (including phenoxy) is 1. The molecule has 2 atom stereocenters. The van der Waals surface area contributed by atoms with E-state index in [0.717, 1.165) is 6.42 Å². The minimum absolute atomic E-state index is 0.185. The van der Waals surface area contributed by atoms with Crippen molar-refractivity contribution < 1.29 is 4.74 Å². The first-order valence-corrected chi connectivity index (χ1v) is 4.35. The van der Waals surface area contributed by atoms with Gasteiger partial charge in [-0.3, -0.25) is 0 Å². The second-order valence-corrected chi connectivity index (χ2v) is 4.34. The Morgan fingerprint density at radius 2 is 2.00 bits per heavy atom. The van der Waals surface area contributed by atoms with Crippen molar-refractivity contribution in [3.8, 4) is 0 Å². The molecular formula is C9H19NO. The minimum atomic E-state index is 0.185. The summed E-state index contributed by atoms with van der Waals surface area (Å²) in [6, 6.07) is 0.325. The summed E-state index contributed by atoms with van der Waals surface area (Å²) in [5, 5.41) is 0. The van der Waals surface area contributed by atoms with Crippen LogP contribution in [-0.2, 0) is 4.74 Å². The molecule has 2 N–H and O–H groups in total. The molecule has 1 fully saturated rings. The van der Waals surface area contributed by atoms with E-state index >= 15 is 0 Å². The Kier molecular flexibility index (Phi) is 2.26. The lowest BCUT2D eigenvalue weighted by atomic mass is 9.65. The first kappa shape index (κ1) is 9.01. The first-order valence-electron chi connectivity index (χ1n) is 4.35. The Morgan fingerprint density at radius 3 is 2.27 bits per heavy atom. The van der Waals surface area contributed by atoms with Crippen LogP contribution in [0.2, 0.25) is 0 Å². The van der Waals surface area contributed by atoms with Gasteiger partial charge in [-0.15, -0.1) is 0 Å². The molecule has 0 aromatic rings. The zero-order chi connectivity index (χ0) is 8.65. The lowest BCUT2D eigenvalue weighted by Crippen LogP contribution is -2.59. The zero-order valence-corrected chi connectivity index (χ0v) is 7.92. The highest BCUT2D eigenvalue weighted by Crippen LogP contribution is 2.41. The lowest BCUT2D eigenvalue weighted by Gasteiger charge is -2.50. The Labute approximate surface area is 69.1 Å². The lowest BCUT2D eigenvalue weighted by molar-refractivity contribution is -0.130. The maximum absolute atomic E-state index is 5.84. The molecule has 1 saturated carbocycles. The fourth-order valence-electron chi connectivity index (χ4n) is 1.48. The van der Waals surface area contributed by atoms with Crippen LogP contribution in [0.25, 0.3) is 0 Å². The second-order valence-electron chi connectivity index (χ2n) is 4.34. The van der Waals surface area contributed by atoms with Crippen LogP contribution < -0.4 is 5.73 Å². The third-order valence-corrected chi connectivity index (χ3v) is 2.69. The molecule has 1 rings (SSSR count). The van der Waals surface area contributed by atoms with Crippen LogP contribution in [0.3, 0.4) is 0 Å². The second kappa shape index (κ2) is 2.76. The predicted octanol–water partition coefficient (Wildman–Crippen LogP) is 1.54. The maximum Gasteiger partial charge on any atom is 0.0659 e. The van der Waals surface area contributed by atoms with Gasteiger partial charge in [-0.2, -0.15) is 0 Å². The van der Waals surface area contributed by atoms with E-state index in [0.29, 0.717) is 18.2 Å². The van der Waals surface area contributed by atoms with Gasteiger partial charge >= 0.3 is 0 Å². The van der Waals surface area contributed by atoms with Crippen LogP contribution in [0, 0.1) is 5.41 Å². The summed E-state index contributed by atoms with van der Waals surface area (Å²) in [6.07, 6.45) is 1.72. The van der Waals surface area contributed by atoms with Gasteiger partial charge in [-0.25, -0.2) is 0 Å². The monoisotopic (exact) mass is 157 g/mol. The van der Waals surface area contributed by atoms with Crippen LogP contribution in [0.5, 0.6) is 0 Å². The maximum atomic E-state index is 5.84. The van der Waals surface area contributed by atoms with Gasteiger partial charge in [0, 0.05) is 11.5 Å². The van der Waals surface area contributed by atoms with E-state index in [9.17, 15) is 0 Å². The molecule has 0 saturated heterocycles. The molecule has 11 heavy (non-hydrogen) atoms. The van der Waals surface area contributed by atoms with E-state index in [2.05, 4.69) is 27.7 Å². The van der Waals surface area contributed by atoms with Crippen molar-refractivity contribution in [1.29, 1.82) is 0 Å². The molecule has 0 heterocycles. The molecule has 0 aromatic heterocycles. The molecule has 2 heteroatoms. The highest BCUT2D eigenvalue weighted by molar-refractivity contribution is 5.00. The average Bonchev–Trinajstić information content (AvgIpc) is 1.87. The van der Waals surface area contributed by atoms with Gasteiger partial charge in [0.2, 0.25) is 0 Å². The molecule has 2 nitrogen and oxygen atoms in total. The number of hydrogen-bond acceptors (Lipinski definition) is 2. The molecule has 0 aromatic carbocycles. The summed E-state index contributed by atoms with van der Waals surface area (Å²) in [7, 11) is 0. The van der Waals surface area contributed by atoms with Crippen LogP contribution in [0.1, 0.15) is 34.1 Å². The van der Waals surface area contributed by atoms with Gasteiger partial charge in [-0.05, 0) is 20.3 Å². The summed E-state index contributed by atoms with van der Waals surface area (Å²) in [6.45, 7) is 8.49. The Morgan fingerprint density at radius 1 is 1.45 bits per heavy atom. The summed E-state index contributed by atoms with van der Waals surface area (Å²) < 4.78 is 5.69. The molecule has 1 aliphatic rings. The van der Waals surface area contributed by atoms with Crippen molar-refractivity contribution in [3.05, 3.63) is 0 Å². The van der Waals surface area contributed by atoms with Crippen molar-refractivity contribution in [2.45, 2.75) is 52.4 Å². The molecule has 0 aliphatic heterocycles. The van der Waals surface area contributed by atoms with Crippen molar-refractivity contribution in [2.75, 3.05) is 0 Å². The SMILES string of the molecule is CC(C)OC1CC(N)C1(C)C. The average molecular weight is 157 g/mol.